The average Bonchev–Trinajstić information content (AvgIpc) is 2.47. The molecule has 1 N–H and O–H groups in total. The molecule has 122 valence electrons. The average molecular weight is 333 g/mol. The molecule has 22 heavy (non-hydrogen) atoms. The van der Waals surface area contributed by atoms with Crippen LogP contribution in [0.15, 0.2) is 23.1 Å². The van der Waals surface area contributed by atoms with Crippen molar-refractivity contribution in [2.45, 2.75) is 24.3 Å². The van der Waals surface area contributed by atoms with Crippen LogP contribution in [0.4, 0.5) is 4.39 Å². The SMILES string of the molecule is COC(=O)Cc1ccc(S(=O)(=O)N(C)C(C)C(=O)O)cc1F. The first kappa shape index (κ1) is 18.1. The Bertz CT molecular complexity index is 688. The second kappa shape index (κ2) is 6.84. The summed E-state index contributed by atoms with van der Waals surface area (Å²) >= 11 is 0. The third kappa shape index (κ3) is 3.80. The third-order valence-corrected chi connectivity index (χ3v) is 5.09. The number of methoxy groups -OCH3 is 1. The fourth-order valence-corrected chi connectivity index (χ4v) is 2.92. The molecule has 1 unspecified atom stereocenters. The standard InChI is InChI=1S/C13H16FNO6S/c1-8(13(17)18)15(2)22(19,20)10-5-4-9(11(14)7-10)6-12(16)21-3/h4-5,7-8H,6H2,1-3H3,(H,17,18). The van der Waals surface area contributed by atoms with Gasteiger partial charge in [-0.1, -0.05) is 6.07 Å². The fraction of sp³-hybridized carbons (Fsp3) is 0.385. The second-order valence-electron chi connectivity index (χ2n) is 4.54. The van der Waals surface area contributed by atoms with Crippen molar-refractivity contribution >= 4 is 22.0 Å². The summed E-state index contributed by atoms with van der Waals surface area (Å²) in [5.41, 5.74) is -0.0141. The van der Waals surface area contributed by atoms with E-state index in [0.29, 0.717) is 4.31 Å². The van der Waals surface area contributed by atoms with Crippen molar-refractivity contribution in [3.8, 4) is 0 Å². The molecule has 0 saturated carbocycles. The van der Waals surface area contributed by atoms with Crippen LogP contribution in [0.1, 0.15) is 12.5 Å². The van der Waals surface area contributed by atoms with Gasteiger partial charge >= 0.3 is 11.9 Å². The number of carbonyl (C=O) groups is 2. The number of hydrogen-bond acceptors (Lipinski definition) is 5. The molecule has 1 rings (SSSR count). The summed E-state index contributed by atoms with van der Waals surface area (Å²) in [6, 6.07) is 1.71. The molecule has 7 nitrogen and oxygen atoms in total. The van der Waals surface area contributed by atoms with Gasteiger partial charge in [-0.2, -0.15) is 4.31 Å². The Morgan fingerprint density at radius 1 is 1.41 bits per heavy atom. The van der Waals surface area contributed by atoms with E-state index in [0.717, 1.165) is 32.4 Å². The number of benzene rings is 1. The molecular weight excluding hydrogens is 317 g/mol. The topological polar surface area (TPSA) is 101 Å². The number of aliphatic carboxylic acids is 1. The van der Waals surface area contributed by atoms with Crippen molar-refractivity contribution in [1.82, 2.24) is 4.31 Å². The molecule has 0 aliphatic carbocycles. The molecule has 0 aromatic heterocycles. The second-order valence-corrected chi connectivity index (χ2v) is 6.54. The molecule has 9 heteroatoms. The van der Waals surface area contributed by atoms with Gasteiger partial charge in [0.2, 0.25) is 10.0 Å². The van der Waals surface area contributed by atoms with Crippen LogP contribution in [0, 0.1) is 5.82 Å². The molecule has 1 aromatic carbocycles. The summed E-state index contributed by atoms with van der Waals surface area (Å²) < 4.78 is 43.4. The molecule has 0 heterocycles. The Morgan fingerprint density at radius 3 is 2.45 bits per heavy atom. The fourth-order valence-electron chi connectivity index (χ4n) is 1.59. The van der Waals surface area contributed by atoms with E-state index >= 15 is 0 Å². The van der Waals surface area contributed by atoms with Crippen molar-refractivity contribution in [2.24, 2.45) is 0 Å². The highest BCUT2D eigenvalue weighted by molar-refractivity contribution is 7.89. The summed E-state index contributed by atoms with van der Waals surface area (Å²) in [4.78, 5) is 21.6. The molecule has 0 fully saturated rings. The number of halogens is 1. The van der Waals surface area contributed by atoms with Crippen LogP contribution in [-0.4, -0.2) is 50.0 Å². The number of hydrogen-bond donors (Lipinski definition) is 1. The Morgan fingerprint density at radius 2 is 2.00 bits per heavy atom. The first-order valence-corrected chi connectivity index (χ1v) is 7.61. The van der Waals surface area contributed by atoms with Gasteiger partial charge < -0.3 is 9.84 Å². The van der Waals surface area contributed by atoms with Gasteiger partial charge in [0.15, 0.2) is 0 Å². The van der Waals surface area contributed by atoms with Crippen LogP contribution < -0.4 is 0 Å². The van der Waals surface area contributed by atoms with E-state index in [9.17, 15) is 22.4 Å². The van der Waals surface area contributed by atoms with E-state index in [-0.39, 0.29) is 12.0 Å². The number of carbonyl (C=O) groups excluding carboxylic acids is 1. The molecule has 0 saturated heterocycles. The molecule has 0 spiro atoms. The number of carboxylic acid groups (broad SMARTS) is 1. The van der Waals surface area contributed by atoms with Crippen molar-refractivity contribution in [3.63, 3.8) is 0 Å². The molecule has 0 radical (unpaired) electrons. The van der Waals surface area contributed by atoms with Crippen LogP contribution in [-0.2, 0) is 30.8 Å². The first-order valence-electron chi connectivity index (χ1n) is 6.17. The highest BCUT2D eigenvalue weighted by Gasteiger charge is 2.30. The summed E-state index contributed by atoms with van der Waals surface area (Å²) in [5.74, 6) is -2.87. The predicted octanol–water partition coefficient (Wildman–Crippen LogP) is 0.635. The zero-order valence-electron chi connectivity index (χ0n) is 12.2. The zero-order chi connectivity index (χ0) is 17.1. The molecule has 1 atom stereocenters. The lowest BCUT2D eigenvalue weighted by Gasteiger charge is -2.21. The number of esters is 1. The van der Waals surface area contributed by atoms with E-state index in [4.69, 9.17) is 5.11 Å². The van der Waals surface area contributed by atoms with E-state index in [2.05, 4.69) is 4.74 Å². The quantitative estimate of drug-likeness (QED) is 0.767. The minimum atomic E-state index is -4.16. The minimum Gasteiger partial charge on any atom is -0.480 e. The van der Waals surface area contributed by atoms with E-state index in [1.807, 2.05) is 0 Å². The Labute approximate surface area is 127 Å². The lowest BCUT2D eigenvalue weighted by atomic mass is 10.1. The van der Waals surface area contributed by atoms with Gasteiger partial charge in [-0.15, -0.1) is 0 Å². The zero-order valence-corrected chi connectivity index (χ0v) is 13.1. The van der Waals surface area contributed by atoms with Crippen LogP contribution in [0.3, 0.4) is 0 Å². The van der Waals surface area contributed by atoms with Crippen molar-refractivity contribution in [3.05, 3.63) is 29.6 Å². The Hall–Kier alpha value is -2.00. The van der Waals surface area contributed by atoms with Crippen molar-refractivity contribution in [1.29, 1.82) is 0 Å². The van der Waals surface area contributed by atoms with Crippen molar-refractivity contribution in [2.75, 3.05) is 14.2 Å². The number of rotatable bonds is 6. The van der Waals surface area contributed by atoms with E-state index in [1.54, 1.807) is 0 Å². The highest BCUT2D eigenvalue weighted by atomic mass is 32.2. The van der Waals surface area contributed by atoms with Gasteiger partial charge in [0.05, 0.1) is 18.4 Å². The Kier molecular flexibility index (Phi) is 5.61. The minimum absolute atomic E-state index is 0.0141. The summed E-state index contributed by atoms with van der Waals surface area (Å²) in [6.07, 6.45) is -0.329. The lowest BCUT2D eigenvalue weighted by Crippen LogP contribution is -2.40. The number of likely N-dealkylation sites (N-methyl/N-ethyl adjacent to an activating group) is 1. The molecular formula is C13H16FNO6S. The van der Waals surface area contributed by atoms with Gasteiger partial charge in [0.25, 0.3) is 0 Å². The van der Waals surface area contributed by atoms with Gasteiger partial charge in [0.1, 0.15) is 11.9 Å². The first-order chi connectivity index (χ1) is 10.1. The summed E-state index contributed by atoms with van der Waals surface area (Å²) in [7, 11) is -1.91. The monoisotopic (exact) mass is 333 g/mol. The van der Waals surface area contributed by atoms with Crippen LogP contribution >= 0.6 is 0 Å². The van der Waals surface area contributed by atoms with Crippen LogP contribution in [0.2, 0.25) is 0 Å². The lowest BCUT2D eigenvalue weighted by molar-refractivity contribution is -0.141. The molecule has 0 aliphatic heterocycles. The largest absolute Gasteiger partial charge is 0.480 e. The van der Waals surface area contributed by atoms with Gasteiger partial charge in [-0.25, -0.2) is 12.8 Å². The maximum atomic E-state index is 13.9. The van der Waals surface area contributed by atoms with Crippen LogP contribution in [0.25, 0.3) is 0 Å². The smallest absolute Gasteiger partial charge is 0.321 e. The normalized spacial score (nSPS) is 13.0. The maximum Gasteiger partial charge on any atom is 0.321 e. The highest BCUT2D eigenvalue weighted by Crippen LogP contribution is 2.20. The van der Waals surface area contributed by atoms with Gasteiger partial charge in [0, 0.05) is 7.05 Å². The maximum absolute atomic E-state index is 13.9. The van der Waals surface area contributed by atoms with E-state index in [1.165, 1.54) is 6.92 Å². The molecule has 0 aliphatic rings. The predicted molar refractivity (Wildman–Crippen MR) is 74.2 cm³/mol. The van der Waals surface area contributed by atoms with Gasteiger partial charge in [-0.05, 0) is 24.6 Å². The molecule has 0 amide bonds. The van der Waals surface area contributed by atoms with Crippen LogP contribution in [0.5, 0.6) is 0 Å². The molecule has 1 aromatic rings. The van der Waals surface area contributed by atoms with Gasteiger partial charge in [-0.3, -0.25) is 9.59 Å². The summed E-state index contributed by atoms with van der Waals surface area (Å²) in [5, 5.41) is 8.86. The Balaban J connectivity index is 3.14. The van der Waals surface area contributed by atoms with E-state index < -0.39 is 38.7 Å². The van der Waals surface area contributed by atoms with Crippen molar-refractivity contribution < 1.29 is 32.2 Å². The molecule has 0 bridgehead atoms. The summed E-state index contributed by atoms with van der Waals surface area (Å²) in [6.45, 7) is 1.20. The number of ether oxygens (including phenoxy) is 1. The third-order valence-electron chi connectivity index (χ3n) is 3.17. The number of sulfonamides is 1. The number of carboxylic acids is 1. The number of nitrogens with zero attached hydrogens (tertiary/aromatic N) is 1.